The maximum atomic E-state index is 13.9. The fourth-order valence-electron chi connectivity index (χ4n) is 3.07. The van der Waals surface area contributed by atoms with Gasteiger partial charge in [0.05, 0.1) is 18.7 Å². The second-order valence-electron chi connectivity index (χ2n) is 6.36. The van der Waals surface area contributed by atoms with Crippen molar-refractivity contribution in [3.63, 3.8) is 0 Å². The molecule has 0 radical (unpaired) electrons. The minimum atomic E-state index is -0.441. The van der Waals surface area contributed by atoms with Gasteiger partial charge in [-0.2, -0.15) is 0 Å². The van der Waals surface area contributed by atoms with E-state index in [-0.39, 0.29) is 24.7 Å². The highest BCUT2D eigenvalue weighted by Crippen LogP contribution is 2.20. The molecule has 142 valence electrons. The summed E-state index contributed by atoms with van der Waals surface area (Å²) in [5.41, 5.74) is 0.823. The summed E-state index contributed by atoms with van der Waals surface area (Å²) in [5, 5.41) is 2.54. The number of para-hydroxylation sites is 1. The first kappa shape index (κ1) is 18.8. The minimum Gasteiger partial charge on any atom is -0.366 e. The topological polar surface area (TPSA) is 52.7 Å². The number of anilines is 1. The summed E-state index contributed by atoms with van der Waals surface area (Å²) in [5.74, 6) is -1.33. The molecule has 0 aliphatic carbocycles. The molecule has 0 aromatic heterocycles. The Morgan fingerprint density at radius 1 is 0.889 bits per heavy atom. The Labute approximate surface area is 156 Å². The molecule has 2 amide bonds. The highest BCUT2D eigenvalue weighted by Gasteiger charge is 2.22. The van der Waals surface area contributed by atoms with E-state index in [1.165, 1.54) is 12.1 Å². The van der Waals surface area contributed by atoms with E-state index >= 15 is 0 Å². The van der Waals surface area contributed by atoms with E-state index in [1.54, 1.807) is 41.3 Å². The molecule has 3 rings (SSSR count). The van der Waals surface area contributed by atoms with Crippen LogP contribution in [0.1, 0.15) is 5.56 Å². The lowest BCUT2D eigenvalue weighted by Crippen LogP contribution is -2.51. The molecule has 1 heterocycles. The third-order valence-electron chi connectivity index (χ3n) is 4.57. The van der Waals surface area contributed by atoms with Crippen LogP contribution in [0.4, 0.5) is 14.5 Å². The van der Waals surface area contributed by atoms with Crippen LogP contribution in [-0.2, 0) is 16.0 Å². The fraction of sp³-hybridized carbons (Fsp3) is 0.300. The van der Waals surface area contributed by atoms with E-state index in [0.717, 1.165) is 0 Å². The molecule has 2 aromatic rings. The summed E-state index contributed by atoms with van der Waals surface area (Å²) in [6, 6.07) is 12.6. The van der Waals surface area contributed by atoms with Crippen LogP contribution in [0.2, 0.25) is 0 Å². The average Bonchev–Trinajstić information content (AvgIpc) is 2.68. The van der Waals surface area contributed by atoms with Gasteiger partial charge in [0.25, 0.3) is 0 Å². The van der Waals surface area contributed by atoms with Crippen molar-refractivity contribution in [3.05, 3.63) is 65.7 Å². The second kappa shape index (κ2) is 8.62. The highest BCUT2D eigenvalue weighted by atomic mass is 19.1. The molecule has 0 spiro atoms. The van der Waals surface area contributed by atoms with E-state index in [9.17, 15) is 18.4 Å². The summed E-state index contributed by atoms with van der Waals surface area (Å²) >= 11 is 0. The molecule has 2 aromatic carbocycles. The summed E-state index contributed by atoms with van der Waals surface area (Å²) in [6.45, 7) is 1.82. The molecule has 1 aliphatic rings. The van der Waals surface area contributed by atoms with Gasteiger partial charge in [-0.25, -0.2) is 8.78 Å². The molecule has 1 saturated heterocycles. The Morgan fingerprint density at radius 3 is 2.19 bits per heavy atom. The number of nitrogens with zero attached hydrogens (tertiary/aromatic N) is 2. The first-order valence-electron chi connectivity index (χ1n) is 8.82. The standard InChI is InChI=1S/C20H21F2N3O2/c21-16-6-2-1-5-15(16)13-19(26)23-14-20(27)25-11-9-24(10-12-25)18-8-4-3-7-17(18)22/h1-8H,9-14H2,(H,23,26). The number of amides is 2. The molecule has 7 heteroatoms. The fourth-order valence-corrected chi connectivity index (χ4v) is 3.07. The SMILES string of the molecule is O=C(Cc1ccccc1F)NCC(=O)N1CCN(c2ccccc2F)CC1. The molecule has 0 unspecified atom stereocenters. The maximum absolute atomic E-state index is 13.9. The Hall–Kier alpha value is -2.96. The predicted molar refractivity (Wildman–Crippen MR) is 98.3 cm³/mol. The Balaban J connectivity index is 1.45. The van der Waals surface area contributed by atoms with Gasteiger partial charge in [-0.15, -0.1) is 0 Å². The molecule has 1 aliphatic heterocycles. The first-order valence-corrected chi connectivity index (χ1v) is 8.82. The zero-order chi connectivity index (χ0) is 19.2. The van der Waals surface area contributed by atoms with Gasteiger partial charge in [0, 0.05) is 26.2 Å². The van der Waals surface area contributed by atoms with Crippen molar-refractivity contribution >= 4 is 17.5 Å². The lowest BCUT2D eigenvalue weighted by molar-refractivity contribution is -0.133. The van der Waals surface area contributed by atoms with E-state index in [4.69, 9.17) is 0 Å². The number of halogens is 2. The van der Waals surface area contributed by atoms with Crippen molar-refractivity contribution < 1.29 is 18.4 Å². The van der Waals surface area contributed by atoms with E-state index < -0.39 is 11.7 Å². The monoisotopic (exact) mass is 373 g/mol. The van der Waals surface area contributed by atoms with Crippen LogP contribution in [-0.4, -0.2) is 49.4 Å². The Morgan fingerprint density at radius 2 is 1.52 bits per heavy atom. The Kier molecular flexibility index (Phi) is 6.01. The van der Waals surface area contributed by atoms with Crippen molar-refractivity contribution in [2.45, 2.75) is 6.42 Å². The number of nitrogens with one attached hydrogen (secondary N) is 1. The van der Waals surface area contributed by atoms with Gasteiger partial charge < -0.3 is 15.1 Å². The zero-order valence-corrected chi connectivity index (χ0v) is 14.8. The normalized spacial score (nSPS) is 14.1. The van der Waals surface area contributed by atoms with Crippen LogP contribution in [0, 0.1) is 11.6 Å². The molecule has 5 nitrogen and oxygen atoms in total. The van der Waals surface area contributed by atoms with Gasteiger partial charge >= 0.3 is 0 Å². The molecule has 1 fully saturated rings. The van der Waals surface area contributed by atoms with Gasteiger partial charge in [-0.3, -0.25) is 9.59 Å². The predicted octanol–water partition coefficient (Wildman–Crippen LogP) is 1.97. The number of hydrogen-bond acceptors (Lipinski definition) is 3. The smallest absolute Gasteiger partial charge is 0.242 e. The average molecular weight is 373 g/mol. The largest absolute Gasteiger partial charge is 0.366 e. The lowest BCUT2D eigenvalue weighted by atomic mass is 10.1. The molecule has 1 N–H and O–H groups in total. The quantitative estimate of drug-likeness (QED) is 0.872. The van der Waals surface area contributed by atoms with Gasteiger partial charge in [-0.1, -0.05) is 30.3 Å². The summed E-state index contributed by atoms with van der Waals surface area (Å²) in [7, 11) is 0. The zero-order valence-electron chi connectivity index (χ0n) is 14.8. The van der Waals surface area contributed by atoms with Crippen LogP contribution in [0.25, 0.3) is 0 Å². The van der Waals surface area contributed by atoms with Gasteiger partial charge in [0.2, 0.25) is 11.8 Å². The first-order chi connectivity index (χ1) is 13.0. The summed E-state index contributed by atoms with van der Waals surface area (Å²) in [6.07, 6.45) is -0.110. The molecular formula is C20H21F2N3O2. The van der Waals surface area contributed by atoms with Gasteiger partial charge in [0.15, 0.2) is 0 Å². The molecule has 0 saturated carbocycles. The van der Waals surface area contributed by atoms with E-state index in [2.05, 4.69) is 5.32 Å². The number of hydrogen-bond donors (Lipinski definition) is 1. The van der Waals surface area contributed by atoms with Crippen LogP contribution in [0.15, 0.2) is 48.5 Å². The van der Waals surface area contributed by atoms with Crippen molar-refractivity contribution in [1.29, 1.82) is 0 Å². The second-order valence-corrected chi connectivity index (χ2v) is 6.36. The minimum absolute atomic E-state index is 0.110. The van der Waals surface area contributed by atoms with Crippen LogP contribution >= 0.6 is 0 Å². The third kappa shape index (κ3) is 4.81. The number of carbonyl (C=O) groups excluding carboxylic acids is 2. The van der Waals surface area contributed by atoms with Gasteiger partial charge in [0.1, 0.15) is 11.6 Å². The lowest BCUT2D eigenvalue weighted by Gasteiger charge is -2.36. The molecule has 0 atom stereocenters. The molecular weight excluding hydrogens is 352 g/mol. The third-order valence-corrected chi connectivity index (χ3v) is 4.57. The van der Waals surface area contributed by atoms with E-state index in [1.807, 2.05) is 4.90 Å². The maximum Gasteiger partial charge on any atom is 0.242 e. The Bertz CT molecular complexity index is 820. The molecule has 0 bridgehead atoms. The molecule has 27 heavy (non-hydrogen) atoms. The number of rotatable bonds is 5. The summed E-state index contributed by atoms with van der Waals surface area (Å²) in [4.78, 5) is 27.7. The van der Waals surface area contributed by atoms with Gasteiger partial charge in [-0.05, 0) is 23.8 Å². The van der Waals surface area contributed by atoms with Crippen LogP contribution < -0.4 is 10.2 Å². The summed E-state index contributed by atoms with van der Waals surface area (Å²) < 4.78 is 27.4. The van der Waals surface area contributed by atoms with Crippen molar-refractivity contribution in [2.75, 3.05) is 37.6 Å². The van der Waals surface area contributed by atoms with Crippen LogP contribution in [0.5, 0.6) is 0 Å². The van der Waals surface area contributed by atoms with Crippen LogP contribution in [0.3, 0.4) is 0 Å². The highest BCUT2D eigenvalue weighted by molar-refractivity contribution is 5.85. The number of benzene rings is 2. The number of piperazine rings is 1. The van der Waals surface area contributed by atoms with E-state index in [0.29, 0.717) is 37.4 Å². The van der Waals surface area contributed by atoms with Crippen molar-refractivity contribution in [3.8, 4) is 0 Å². The van der Waals surface area contributed by atoms with Crippen molar-refractivity contribution in [1.82, 2.24) is 10.2 Å². The number of carbonyl (C=O) groups is 2. The van der Waals surface area contributed by atoms with Crippen molar-refractivity contribution in [2.24, 2.45) is 0 Å².